The molecule has 0 aliphatic rings. The minimum Gasteiger partial charge on any atom is -0.352 e. The molecule has 0 heterocycles. The van der Waals surface area contributed by atoms with Crippen LogP contribution in [0.25, 0.3) is 0 Å². The highest BCUT2D eigenvalue weighted by Crippen LogP contribution is 2.10. The van der Waals surface area contributed by atoms with Gasteiger partial charge in [-0.25, -0.2) is 0 Å². The predicted molar refractivity (Wildman–Crippen MR) is 116 cm³/mol. The number of carbonyl (C=O) groups excluding carboxylic acids is 1. The van der Waals surface area contributed by atoms with Gasteiger partial charge in [-0.2, -0.15) is 0 Å². The number of rotatable bonds is 8. The molecule has 0 unspecified atom stereocenters. The van der Waals surface area contributed by atoms with Crippen LogP contribution in [0.15, 0.2) is 53.5 Å². The van der Waals surface area contributed by atoms with E-state index in [1.165, 1.54) is 0 Å². The lowest BCUT2D eigenvalue weighted by molar-refractivity contribution is 0.0951. The van der Waals surface area contributed by atoms with Crippen molar-refractivity contribution >= 4 is 23.5 Å². The zero-order valence-corrected chi connectivity index (χ0v) is 17.4. The number of carbonyl (C=O) groups is 1. The Morgan fingerprint density at radius 2 is 1.64 bits per heavy atom. The second-order valence-electron chi connectivity index (χ2n) is 6.67. The van der Waals surface area contributed by atoms with E-state index >= 15 is 0 Å². The van der Waals surface area contributed by atoms with Gasteiger partial charge >= 0.3 is 0 Å². The quantitative estimate of drug-likeness (QED) is 0.469. The zero-order valence-electron chi connectivity index (χ0n) is 16.6. The van der Waals surface area contributed by atoms with E-state index in [1.807, 2.05) is 67.5 Å². The van der Waals surface area contributed by atoms with E-state index in [0.29, 0.717) is 36.2 Å². The number of hydrogen-bond donors (Lipinski definition) is 3. The summed E-state index contributed by atoms with van der Waals surface area (Å²) in [5.74, 6) is 0.618. The number of amides is 1. The molecule has 0 aliphatic carbocycles. The maximum absolute atomic E-state index is 12.3. The van der Waals surface area contributed by atoms with Gasteiger partial charge in [0.15, 0.2) is 5.96 Å². The van der Waals surface area contributed by atoms with Gasteiger partial charge in [0, 0.05) is 43.8 Å². The third kappa shape index (κ3) is 7.58. The number of aliphatic imine (C=N–C) groups is 1. The Morgan fingerprint density at radius 1 is 1.00 bits per heavy atom. The number of halogens is 1. The summed E-state index contributed by atoms with van der Waals surface area (Å²) in [6.45, 7) is 2.61. The lowest BCUT2D eigenvalue weighted by Gasteiger charge is -2.13. The third-order valence-electron chi connectivity index (χ3n) is 4.07. The van der Waals surface area contributed by atoms with Crippen LogP contribution >= 0.6 is 11.6 Å². The van der Waals surface area contributed by atoms with Crippen molar-refractivity contribution in [3.8, 4) is 0 Å². The highest BCUT2D eigenvalue weighted by atomic mass is 35.5. The van der Waals surface area contributed by atoms with Crippen LogP contribution in [0.1, 0.15) is 21.5 Å². The molecule has 0 aliphatic heterocycles. The lowest BCUT2D eigenvalue weighted by Crippen LogP contribution is -2.36. The molecule has 2 aromatic carbocycles. The molecule has 3 N–H and O–H groups in total. The standard InChI is InChI=1S/C21H28ClN5O/c1-23-21(26-15-17-7-5-9-19(22)13-17)25-14-16-6-4-8-18(12-16)20(28)24-10-11-27(2)3/h4-9,12-13H,10-11,14-15H2,1-3H3,(H,24,28)(H2,23,25,26). The maximum Gasteiger partial charge on any atom is 0.251 e. The Kier molecular flexibility index (Phi) is 8.78. The third-order valence-corrected chi connectivity index (χ3v) is 4.30. The lowest BCUT2D eigenvalue weighted by atomic mass is 10.1. The van der Waals surface area contributed by atoms with Crippen molar-refractivity contribution in [2.75, 3.05) is 34.2 Å². The van der Waals surface area contributed by atoms with Crippen LogP contribution in [0.5, 0.6) is 0 Å². The Balaban J connectivity index is 1.86. The summed E-state index contributed by atoms with van der Waals surface area (Å²) in [7, 11) is 5.68. The van der Waals surface area contributed by atoms with Gasteiger partial charge in [0.1, 0.15) is 0 Å². The van der Waals surface area contributed by atoms with Gasteiger partial charge in [-0.1, -0.05) is 35.9 Å². The topological polar surface area (TPSA) is 68.8 Å². The maximum atomic E-state index is 12.3. The molecule has 0 aromatic heterocycles. The van der Waals surface area contributed by atoms with Gasteiger partial charge in [0.2, 0.25) is 0 Å². The molecule has 0 spiro atoms. The largest absolute Gasteiger partial charge is 0.352 e. The van der Waals surface area contributed by atoms with Crippen molar-refractivity contribution in [1.29, 1.82) is 0 Å². The first-order chi connectivity index (χ1) is 13.5. The second kappa shape index (κ2) is 11.3. The van der Waals surface area contributed by atoms with E-state index in [0.717, 1.165) is 17.7 Å². The van der Waals surface area contributed by atoms with Crippen LogP contribution in [0.4, 0.5) is 0 Å². The summed E-state index contributed by atoms with van der Waals surface area (Å²) in [6.07, 6.45) is 0. The average Bonchev–Trinajstić information content (AvgIpc) is 2.68. The number of hydrogen-bond acceptors (Lipinski definition) is 3. The number of nitrogens with one attached hydrogen (secondary N) is 3. The second-order valence-corrected chi connectivity index (χ2v) is 7.11. The highest BCUT2D eigenvalue weighted by molar-refractivity contribution is 6.30. The summed E-state index contributed by atoms with van der Waals surface area (Å²) in [6, 6.07) is 15.3. The Bertz CT molecular complexity index is 807. The van der Waals surface area contributed by atoms with Crippen molar-refractivity contribution in [1.82, 2.24) is 20.9 Å². The number of likely N-dealkylation sites (N-methyl/N-ethyl adjacent to an activating group) is 1. The Morgan fingerprint density at radius 3 is 2.25 bits per heavy atom. The minimum atomic E-state index is -0.0628. The Labute approximate surface area is 172 Å². The smallest absolute Gasteiger partial charge is 0.251 e. The van der Waals surface area contributed by atoms with E-state index in [4.69, 9.17) is 11.6 Å². The van der Waals surface area contributed by atoms with E-state index in [9.17, 15) is 4.79 Å². The molecule has 0 saturated heterocycles. The van der Waals surface area contributed by atoms with Crippen LogP contribution in [0.3, 0.4) is 0 Å². The molecule has 150 valence electrons. The van der Waals surface area contributed by atoms with Crippen molar-refractivity contribution in [3.63, 3.8) is 0 Å². The fourth-order valence-corrected chi connectivity index (χ4v) is 2.77. The van der Waals surface area contributed by atoms with Gasteiger partial charge in [-0.05, 0) is 49.5 Å². The summed E-state index contributed by atoms with van der Waals surface area (Å²) in [5, 5.41) is 10.2. The van der Waals surface area contributed by atoms with Crippen molar-refractivity contribution in [2.24, 2.45) is 4.99 Å². The summed E-state index contributed by atoms with van der Waals surface area (Å²) in [5.41, 5.74) is 2.73. The monoisotopic (exact) mass is 401 g/mol. The summed E-state index contributed by atoms with van der Waals surface area (Å²) < 4.78 is 0. The molecule has 2 rings (SSSR count). The van der Waals surface area contributed by atoms with Gasteiger partial charge in [0.05, 0.1) is 0 Å². The van der Waals surface area contributed by atoms with Gasteiger partial charge in [-0.15, -0.1) is 0 Å². The van der Waals surface area contributed by atoms with Gasteiger partial charge < -0.3 is 20.9 Å². The van der Waals surface area contributed by atoms with Gasteiger partial charge in [0.25, 0.3) is 5.91 Å². The average molecular weight is 402 g/mol. The summed E-state index contributed by atoms with van der Waals surface area (Å²) >= 11 is 6.01. The molecular weight excluding hydrogens is 374 g/mol. The Hall–Kier alpha value is -2.57. The zero-order chi connectivity index (χ0) is 20.4. The molecule has 0 atom stereocenters. The minimum absolute atomic E-state index is 0.0628. The fourth-order valence-electron chi connectivity index (χ4n) is 2.56. The first-order valence-electron chi connectivity index (χ1n) is 9.19. The fraction of sp³-hybridized carbons (Fsp3) is 0.333. The molecule has 7 heteroatoms. The van der Waals surface area contributed by atoms with Crippen molar-refractivity contribution in [3.05, 3.63) is 70.2 Å². The van der Waals surface area contributed by atoms with Crippen LogP contribution < -0.4 is 16.0 Å². The molecule has 2 aromatic rings. The molecule has 0 fully saturated rings. The van der Waals surface area contributed by atoms with Crippen LogP contribution in [-0.4, -0.2) is 51.0 Å². The van der Waals surface area contributed by atoms with Crippen LogP contribution in [0.2, 0.25) is 5.02 Å². The van der Waals surface area contributed by atoms with E-state index in [2.05, 4.69) is 20.9 Å². The van der Waals surface area contributed by atoms with Gasteiger partial charge in [-0.3, -0.25) is 9.79 Å². The molecule has 6 nitrogen and oxygen atoms in total. The van der Waals surface area contributed by atoms with E-state index in [1.54, 1.807) is 7.05 Å². The molecule has 0 saturated carbocycles. The van der Waals surface area contributed by atoms with Crippen LogP contribution in [0, 0.1) is 0 Å². The van der Waals surface area contributed by atoms with Crippen molar-refractivity contribution < 1.29 is 4.79 Å². The number of nitrogens with zero attached hydrogens (tertiary/aromatic N) is 2. The molecule has 0 bridgehead atoms. The first kappa shape index (κ1) is 21.7. The van der Waals surface area contributed by atoms with Crippen LogP contribution in [-0.2, 0) is 13.1 Å². The normalized spacial score (nSPS) is 11.4. The predicted octanol–water partition coefficient (Wildman–Crippen LogP) is 2.50. The van der Waals surface area contributed by atoms with E-state index in [-0.39, 0.29) is 5.91 Å². The molecule has 0 radical (unpaired) electrons. The molecule has 1 amide bonds. The number of guanidine groups is 1. The highest BCUT2D eigenvalue weighted by Gasteiger charge is 2.06. The molecular formula is C21H28ClN5O. The number of benzene rings is 2. The van der Waals surface area contributed by atoms with Crippen molar-refractivity contribution in [2.45, 2.75) is 13.1 Å². The summed E-state index contributed by atoms with van der Waals surface area (Å²) in [4.78, 5) is 18.5. The first-order valence-corrected chi connectivity index (χ1v) is 9.56. The molecule has 28 heavy (non-hydrogen) atoms. The van der Waals surface area contributed by atoms with E-state index < -0.39 is 0 Å². The SMILES string of the molecule is CN=C(NCc1cccc(Cl)c1)NCc1cccc(C(=O)NCCN(C)C)c1.